The van der Waals surface area contributed by atoms with Gasteiger partial charge in [0.15, 0.2) is 0 Å². The van der Waals surface area contributed by atoms with Crippen LogP contribution >= 0.6 is 11.6 Å². The Morgan fingerprint density at radius 2 is 2.23 bits per heavy atom. The van der Waals surface area contributed by atoms with Gasteiger partial charge in [-0.05, 0) is 13.0 Å². The zero-order valence-corrected chi connectivity index (χ0v) is 12.5. The first-order chi connectivity index (χ1) is 10.4. The number of pyridine rings is 1. The van der Waals surface area contributed by atoms with E-state index in [1.54, 1.807) is 6.92 Å². The van der Waals surface area contributed by atoms with Gasteiger partial charge in [-0.3, -0.25) is 9.47 Å². The molecule has 0 saturated heterocycles. The number of hydrogen-bond donors (Lipinski definition) is 2. The number of rotatable bonds is 4. The highest BCUT2D eigenvalue weighted by Gasteiger charge is 2.21. The Balaban J connectivity index is 2.86. The van der Waals surface area contributed by atoms with Crippen LogP contribution in [0.4, 0.5) is 4.39 Å². The second-order valence-electron chi connectivity index (χ2n) is 4.52. The first kappa shape index (κ1) is 16.3. The Kier molecular flexibility index (Phi) is 4.68. The third-order valence-corrected chi connectivity index (χ3v) is 3.43. The lowest BCUT2D eigenvalue weighted by Crippen LogP contribution is -2.25. The molecule has 0 unspecified atom stereocenters. The van der Waals surface area contributed by atoms with Crippen LogP contribution in [-0.4, -0.2) is 29.0 Å². The second kappa shape index (κ2) is 6.33. The number of ether oxygens (including phenoxy) is 1. The highest BCUT2D eigenvalue weighted by Crippen LogP contribution is 2.26. The van der Waals surface area contributed by atoms with E-state index < -0.39 is 17.2 Å². The van der Waals surface area contributed by atoms with Crippen molar-refractivity contribution >= 4 is 28.5 Å². The largest absolute Gasteiger partial charge is 0.462 e. The Morgan fingerprint density at radius 1 is 1.55 bits per heavy atom. The Morgan fingerprint density at radius 3 is 2.82 bits per heavy atom. The molecule has 3 N–H and O–H groups in total. The maximum absolute atomic E-state index is 14.1. The Hall–Kier alpha value is -2.12. The highest BCUT2D eigenvalue weighted by atomic mass is 35.5. The smallest absolute Gasteiger partial charge is 0.343 e. The van der Waals surface area contributed by atoms with Crippen molar-refractivity contribution < 1.29 is 19.0 Å². The summed E-state index contributed by atoms with van der Waals surface area (Å²) in [4.78, 5) is 24.2. The van der Waals surface area contributed by atoms with Crippen molar-refractivity contribution in [1.29, 1.82) is 0 Å². The van der Waals surface area contributed by atoms with Crippen LogP contribution < -0.4 is 11.3 Å². The summed E-state index contributed by atoms with van der Waals surface area (Å²) >= 11 is 5.78. The maximum atomic E-state index is 14.1. The standard InChI is InChI=1S/C14H14ClFN2O4/c1-2-22-14(21)9-6-18(17)12-7(3-4-19)11(16)10(15)5-8(12)13(9)20/h5-6,19H,2-4,17H2,1H3. The molecule has 0 spiro atoms. The van der Waals surface area contributed by atoms with Crippen LogP contribution in [0.1, 0.15) is 22.8 Å². The highest BCUT2D eigenvalue weighted by molar-refractivity contribution is 6.31. The molecule has 0 bridgehead atoms. The van der Waals surface area contributed by atoms with Gasteiger partial charge in [0, 0.05) is 24.8 Å². The van der Waals surface area contributed by atoms with Crippen molar-refractivity contribution in [2.75, 3.05) is 19.1 Å². The molecule has 0 aliphatic heterocycles. The SMILES string of the molecule is CCOC(=O)c1cn(N)c2c(CCO)c(F)c(Cl)cc2c1=O. The number of nitrogens with two attached hydrogens (primary N) is 1. The van der Waals surface area contributed by atoms with E-state index in [1.165, 1.54) is 0 Å². The summed E-state index contributed by atoms with van der Waals surface area (Å²) < 4.78 is 19.9. The molecular formula is C14H14ClFN2O4. The van der Waals surface area contributed by atoms with Gasteiger partial charge in [0.05, 0.1) is 22.5 Å². The van der Waals surface area contributed by atoms with Gasteiger partial charge in [-0.25, -0.2) is 9.18 Å². The quantitative estimate of drug-likeness (QED) is 0.650. The van der Waals surface area contributed by atoms with Gasteiger partial charge >= 0.3 is 5.97 Å². The average Bonchev–Trinajstić information content (AvgIpc) is 2.47. The molecule has 22 heavy (non-hydrogen) atoms. The van der Waals surface area contributed by atoms with Crippen molar-refractivity contribution in [3.8, 4) is 0 Å². The van der Waals surface area contributed by atoms with Gasteiger partial charge < -0.3 is 15.7 Å². The van der Waals surface area contributed by atoms with E-state index in [4.69, 9.17) is 27.3 Å². The van der Waals surface area contributed by atoms with Crippen molar-refractivity contribution in [1.82, 2.24) is 4.68 Å². The predicted octanol–water partition coefficient (Wildman–Crippen LogP) is 1.22. The lowest BCUT2D eigenvalue weighted by Gasteiger charge is -2.13. The number of benzene rings is 1. The number of hydrogen-bond acceptors (Lipinski definition) is 5. The first-order valence-electron chi connectivity index (χ1n) is 6.51. The molecule has 6 nitrogen and oxygen atoms in total. The number of nitrogens with zero attached hydrogens (tertiary/aromatic N) is 1. The number of aliphatic hydroxyl groups is 1. The zero-order chi connectivity index (χ0) is 16.4. The van der Waals surface area contributed by atoms with Crippen LogP contribution in [0.15, 0.2) is 17.1 Å². The van der Waals surface area contributed by atoms with Gasteiger partial charge in [0.1, 0.15) is 11.4 Å². The van der Waals surface area contributed by atoms with Gasteiger partial charge in [-0.15, -0.1) is 0 Å². The summed E-state index contributed by atoms with van der Waals surface area (Å²) in [7, 11) is 0. The molecule has 0 radical (unpaired) electrons. The lowest BCUT2D eigenvalue weighted by molar-refractivity contribution is 0.0524. The van der Waals surface area contributed by atoms with Crippen molar-refractivity contribution in [3.63, 3.8) is 0 Å². The minimum atomic E-state index is -0.822. The summed E-state index contributed by atoms with van der Waals surface area (Å²) in [5.41, 5.74) is -0.834. The third kappa shape index (κ3) is 2.65. The van der Waals surface area contributed by atoms with E-state index in [2.05, 4.69) is 0 Å². The second-order valence-corrected chi connectivity index (χ2v) is 4.93. The van der Waals surface area contributed by atoms with Crippen molar-refractivity contribution in [2.45, 2.75) is 13.3 Å². The minimum absolute atomic E-state index is 0.0112. The number of fused-ring (bicyclic) bond motifs is 1. The molecule has 0 atom stereocenters. The average molecular weight is 329 g/mol. The number of aromatic nitrogens is 1. The molecule has 0 aliphatic rings. The maximum Gasteiger partial charge on any atom is 0.343 e. The molecule has 118 valence electrons. The number of aliphatic hydroxyl groups excluding tert-OH is 1. The zero-order valence-electron chi connectivity index (χ0n) is 11.7. The minimum Gasteiger partial charge on any atom is -0.462 e. The van der Waals surface area contributed by atoms with Crippen LogP contribution in [0.3, 0.4) is 0 Å². The molecule has 1 aromatic carbocycles. The van der Waals surface area contributed by atoms with Crippen LogP contribution in [-0.2, 0) is 11.2 Å². The molecular weight excluding hydrogens is 315 g/mol. The normalized spacial score (nSPS) is 10.9. The number of carbonyl (C=O) groups is 1. The molecule has 2 rings (SSSR count). The van der Waals surface area contributed by atoms with E-state index in [0.29, 0.717) is 0 Å². The van der Waals surface area contributed by atoms with E-state index in [1.807, 2.05) is 0 Å². The fourth-order valence-electron chi connectivity index (χ4n) is 2.24. The number of carbonyl (C=O) groups excluding carboxylic acids is 1. The molecule has 0 saturated carbocycles. The fraction of sp³-hybridized carbons (Fsp3) is 0.286. The fourth-order valence-corrected chi connectivity index (χ4v) is 2.46. The van der Waals surface area contributed by atoms with E-state index in [0.717, 1.165) is 16.9 Å². The van der Waals surface area contributed by atoms with Crippen molar-refractivity contribution in [2.24, 2.45) is 0 Å². The molecule has 0 aliphatic carbocycles. The summed E-state index contributed by atoms with van der Waals surface area (Å²) in [5, 5.41) is 8.76. The number of nitrogen functional groups attached to an aromatic ring is 1. The molecule has 8 heteroatoms. The predicted molar refractivity (Wildman–Crippen MR) is 80.1 cm³/mol. The molecule has 1 aromatic heterocycles. The summed E-state index contributed by atoms with van der Waals surface area (Å²) in [6.07, 6.45) is 1.01. The summed E-state index contributed by atoms with van der Waals surface area (Å²) in [6.45, 7) is 1.35. The third-order valence-electron chi connectivity index (χ3n) is 3.16. The monoisotopic (exact) mass is 328 g/mol. The topological polar surface area (TPSA) is 94.6 Å². The van der Waals surface area contributed by atoms with Crippen LogP contribution in [0, 0.1) is 5.82 Å². The number of esters is 1. The summed E-state index contributed by atoms with van der Waals surface area (Å²) in [5.74, 6) is 4.21. The molecule has 2 aromatic rings. The van der Waals surface area contributed by atoms with Crippen LogP contribution in [0.2, 0.25) is 5.02 Å². The first-order valence-corrected chi connectivity index (χ1v) is 6.89. The van der Waals surface area contributed by atoms with E-state index in [9.17, 15) is 14.0 Å². The summed E-state index contributed by atoms with van der Waals surface area (Å²) in [6, 6.07) is 1.11. The van der Waals surface area contributed by atoms with Gasteiger partial charge in [-0.2, -0.15) is 0 Å². The van der Waals surface area contributed by atoms with E-state index in [-0.39, 0.29) is 46.7 Å². The van der Waals surface area contributed by atoms with Gasteiger partial charge in [-0.1, -0.05) is 11.6 Å². The van der Waals surface area contributed by atoms with Crippen molar-refractivity contribution in [3.05, 3.63) is 44.5 Å². The van der Waals surface area contributed by atoms with Crippen LogP contribution in [0.25, 0.3) is 10.9 Å². The molecule has 1 heterocycles. The van der Waals surface area contributed by atoms with Gasteiger partial charge in [0.25, 0.3) is 0 Å². The van der Waals surface area contributed by atoms with E-state index >= 15 is 0 Å². The molecule has 0 amide bonds. The lowest BCUT2D eigenvalue weighted by atomic mass is 10.0. The Bertz CT molecular complexity index is 804. The van der Waals surface area contributed by atoms with Crippen LogP contribution in [0.5, 0.6) is 0 Å². The number of halogens is 2. The molecule has 0 fully saturated rings. The van der Waals surface area contributed by atoms with Gasteiger partial charge in [0.2, 0.25) is 5.43 Å². The Labute approximate surface area is 129 Å².